The van der Waals surface area contributed by atoms with Gasteiger partial charge in [-0.25, -0.2) is 0 Å². The van der Waals surface area contributed by atoms with E-state index < -0.39 is 6.04 Å². The molecule has 0 saturated carbocycles. The zero-order valence-corrected chi connectivity index (χ0v) is 19.2. The van der Waals surface area contributed by atoms with Crippen molar-refractivity contribution in [1.29, 1.82) is 0 Å². The molecule has 2 aromatic carbocycles. The van der Waals surface area contributed by atoms with Gasteiger partial charge in [-0.1, -0.05) is 59.6 Å². The van der Waals surface area contributed by atoms with Crippen molar-refractivity contribution in [1.82, 2.24) is 10.2 Å². The van der Waals surface area contributed by atoms with E-state index in [2.05, 4.69) is 5.32 Å². The summed E-state index contributed by atoms with van der Waals surface area (Å²) in [5, 5.41) is 4.06. The summed E-state index contributed by atoms with van der Waals surface area (Å²) in [6, 6.07) is 14.5. The minimum atomic E-state index is -0.574. The molecule has 0 unspecified atom stereocenters. The number of rotatable bonds is 9. The Labute approximate surface area is 187 Å². The first-order valence-corrected chi connectivity index (χ1v) is 11.3. The van der Waals surface area contributed by atoms with Crippen LogP contribution in [0.3, 0.4) is 0 Å². The van der Waals surface area contributed by atoms with Gasteiger partial charge in [-0.15, -0.1) is 11.8 Å². The Kier molecular flexibility index (Phi) is 9.34. The lowest BCUT2D eigenvalue weighted by Crippen LogP contribution is -2.49. The van der Waals surface area contributed by atoms with E-state index >= 15 is 0 Å². The van der Waals surface area contributed by atoms with Gasteiger partial charge in [0.15, 0.2) is 0 Å². The van der Waals surface area contributed by atoms with Gasteiger partial charge in [0, 0.05) is 28.4 Å². The van der Waals surface area contributed by atoms with Gasteiger partial charge < -0.3 is 10.2 Å². The van der Waals surface area contributed by atoms with Gasteiger partial charge in [-0.3, -0.25) is 9.59 Å². The third-order valence-electron chi connectivity index (χ3n) is 4.33. The van der Waals surface area contributed by atoms with Gasteiger partial charge in [0.2, 0.25) is 11.8 Å². The molecular weight excluding hydrogens is 427 g/mol. The predicted octanol–water partition coefficient (Wildman–Crippen LogP) is 5.17. The van der Waals surface area contributed by atoms with Crippen LogP contribution >= 0.6 is 35.0 Å². The molecular formula is C22H26Cl2N2O2S. The summed E-state index contributed by atoms with van der Waals surface area (Å²) in [7, 11) is 0. The molecule has 0 fully saturated rings. The highest BCUT2D eigenvalue weighted by molar-refractivity contribution is 7.99. The summed E-state index contributed by atoms with van der Waals surface area (Å²) < 4.78 is 0. The number of nitrogens with zero attached hydrogens (tertiary/aromatic N) is 1. The van der Waals surface area contributed by atoms with Gasteiger partial charge in [0.05, 0.1) is 5.75 Å². The SMILES string of the molecule is CC(C)NC(=O)[C@@H](C)N(Cc1ccccc1)C(=O)CSCc1c(Cl)cccc1Cl. The average molecular weight is 453 g/mol. The van der Waals surface area contributed by atoms with Crippen LogP contribution in [0, 0.1) is 0 Å². The van der Waals surface area contributed by atoms with Crippen LogP contribution in [0.25, 0.3) is 0 Å². The van der Waals surface area contributed by atoms with E-state index in [9.17, 15) is 9.59 Å². The number of benzene rings is 2. The number of carbonyl (C=O) groups is 2. The van der Waals surface area contributed by atoms with Crippen LogP contribution in [-0.4, -0.2) is 34.6 Å². The van der Waals surface area contributed by atoms with E-state index in [4.69, 9.17) is 23.2 Å². The molecule has 29 heavy (non-hydrogen) atoms. The molecule has 1 atom stereocenters. The molecule has 1 N–H and O–H groups in total. The van der Waals surface area contributed by atoms with Crippen LogP contribution in [0.4, 0.5) is 0 Å². The van der Waals surface area contributed by atoms with Gasteiger partial charge in [0.1, 0.15) is 6.04 Å². The van der Waals surface area contributed by atoms with Crippen molar-refractivity contribution in [2.24, 2.45) is 0 Å². The molecule has 7 heteroatoms. The molecule has 2 rings (SSSR count). The highest BCUT2D eigenvalue weighted by Crippen LogP contribution is 2.28. The molecule has 0 heterocycles. The maximum absolute atomic E-state index is 13.0. The van der Waals surface area contributed by atoms with E-state index in [1.165, 1.54) is 11.8 Å². The summed E-state index contributed by atoms with van der Waals surface area (Å²) >= 11 is 13.9. The molecule has 2 amide bonds. The van der Waals surface area contributed by atoms with E-state index in [0.717, 1.165) is 11.1 Å². The Morgan fingerprint density at radius 3 is 2.21 bits per heavy atom. The Hall–Kier alpha value is -1.69. The fourth-order valence-electron chi connectivity index (χ4n) is 2.76. The van der Waals surface area contributed by atoms with Gasteiger partial charge in [-0.05, 0) is 44.0 Å². The Morgan fingerprint density at radius 1 is 1.00 bits per heavy atom. The van der Waals surface area contributed by atoms with Crippen molar-refractivity contribution in [3.8, 4) is 0 Å². The van der Waals surface area contributed by atoms with E-state index in [0.29, 0.717) is 22.3 Å². The van der Waals surface area contributed by atoms with Gasteiger partial charge >= 0.3 is 0 Å². The summed E-state index contributed by atoms with van der Waals surface area (Å²) in [6.07, 6.45) is 0. The first-order chi connectivity index (χ1) is 13.8. The van der Waals surface area contributed by atoms with Crippen molar-refractivity contribution in [3.63, 3.8) is 0 Å². The number of halogens is 2. The number of thioether (sulfide) groups is 1. The van der Waals surface area contributed by atoms with Crippen LogP contribution in [0.1, 0.15) is 31.9 Å². The van der Waals surface area contributed by atoms with Crippen molar-refractivity contribution in [3.05, 3.63) is 69.7 Å². The number of hydrogen-bond donors (Lipinski definition) is 1. The van der Waals surface area contributed by atoms with Gasteiger partial charge in [-0.2, -0.15) is 0 Å². The smallest absolute Gasteiger partial charge is 0.242 e. The predicted molar refractivity (Wildman–Crippen MR) is 122 cm³/mol. The minimum Gasteiger partial charge on any atom is -0.352 e. The van der Waals surface area contributed by atoms with Crippen LogP contribution in [0.15, 0.2) is 48.5 Å². The topological polar surface area (TPSA) is 49.4 Å². The highest BCUT2D eigenvalue weighted by atomic mass is 35.5. The maximum Gasteiger partial charge on any atom is 0.242 e. The largest absolute Gasteiger partial charge is 0.352 e. The fourth-order valence-corrected chi connectivity index (χ4v) is 4.41. The lowest BCUT2D eigenvalue weighted by Gasteiger charge is -2.29. The normalized spacial score (nSPS) is 11.9. The second-order valence-electron chi connectivity index (χ2n) is 7.04. The third-order valence-corrected chi connectivity index (χ3v) is 5.98. The lowest BCUT2D eigenvalue weighted by atomic mass is 10.1. The van der Waals surface area contributed by atoms with Crippen LogP contribution in [-0.2, 0) is 21.9 Å². The first-order valence-electron chi connectivity index (χ1n) is 9.44. The van der Waals surface area contributed by atoms with E-state index in [1.54, 1.807) is 30.0 Å². The van der Waals surface area contributed by atoms with Gasteiger partial charge in [0.25, 0.3) is 0 Å². The number of carbonyl (C=O) groups excluding carboxylic acids is 2. The molecule has 2 aromatic rings. The van der Waals surface area contributed by atoms with Crippen molar-refractivity contribution in [2.45, 2.75) is 45.2 Å². The summed E-state index contributed by atoms with van der Waals surface area (Å²) in [6.45, 7) is 5.93. The molecule has 0 aliphatic rings. The zero-order chi connectivity index (χ0) is 21.4. The highest BCUT2D eigenvalue weighted by Gasteiger charge is 2.26. The molecule has 0 aliphatic heterocycles. The van der Waals surface area contributed by atoms with Crippen molar-refractivity contribution >= 4 is 46.8 Å². The molecule has 4 nitrogen and oxygen atoms in total. The van der Waals surface area contributed by atoms with Crippen molar-refractivity contribution < 1.29 is 9.59 Å². The third kappa shape index (κ3) is 7.25. The fraction of sp³-hybridized carbons (Fsp3) is 0.364. The lowest BCUT2D eigenvalue weighted by molar-refractivity contribution is -0.138. The molecule has 0 radical (unpaired) electrons. The molecule has 156 valence electrons. The van der Waals surface area contributed by atoms with E-state index in [1.807, 2.05) is 44.2 Å². The maximum atomic E-state index is 13.0. The standard InChI is InChI=1S/C22H26Cl2N2O2S/c1-15(2)25-22(28)16(3)26(12-17-8-5-4-6-9-17)21(27)14-29-13-18-19(23)10-7-11-20(18)24/h4-11,15-16H,12-14H2,1-3H3,(H,25,28)/t16-/m1/s1. The first kappa shape index (κ1) is 23.6. The monoisotopic (exact) mass is 452 g/mol. The summed E-state index contributed by atoms with van der Waals surface area (Å²) in [5.74, 6) is 0.487. The van der Waals surface area contributed by atoms with Crippen LogP contribution < -0.4 is 5.32 Å². The van der Waals surface area contributed by atoms with Crippen molar-refractivity contribution in [2.75, 3.05) is 5.75 Å². The second kappa shape index (κ2) is 11.5. The van der Waals surface area contributed by atoms with Crippen LogP contribution in [0.2, 0.25) is 10.0 Å². The van der Waals surface area contributed by atoms with E-state index in [-0.39, 0.29) is 23.6 Å². The Balaban J connectivity index is 2.08. The molecule has 0 saturated heterocycles. The Bertz CT molecular complexity index is 811. The molecule has 0 bridgehead atoms. The summed E-state index contributed by atoms with van der Waals surface area (Å²) in [4.78, 5) is 27.1. The second-order valence-corrected chi connectivity index (χ2v) is 8.84. The summed E-state index contributed by atoms with van der Waals surface area (Å²) in [5.41, 5.74) is 1.79. The molecule has 0 aromatic heterocycles. The average Bonchev–Trinajstić information content (AvgIpc) is 2.68. The molecule has 0 spiro atoms. The van der Waals surface area contributed by atoms with Crippen LogP contribution in [0.5, 0.6) is 0 Å². The Morgan fingerprint density at radius 2 is 1.62 bits per heavy atom. The number of nitrogens with one attached hydrogen (secondary N) is 1. The minimum absolute atomic E-state index is 0.00960. The molecule has 0 aliphatic carbocycles. The number of amides is 2. The number of hydrogen-bond acceptors (Lipinski definition) is 3. The quantitative estimate of drug-likeness (QED) is 0.570. The zero-order valence-electron chi connectivity index (χ0n) is 16.8.